The molecule has 0 atom stereocenters. The number of nitro benzene ring substituents is 1. The Kier molecular flexibility index (Phi) is 4.27. The summed E-state index contributed by atoms with van der Waals surface area (Å²) in [5.74, 6) is -1.39. The second-order valence-corrected chi connectivity index (χ2v) is 4.99. The summed E-state index contributed by atoms with van der Waals surface area (Å²) in [6, 6.07) is 6.79. The Labute approximate surface area is 127 Å². The number of pyridine rings is 1. The van der Waals surface area contributed by atoms with Crippen LogP contribution in [0.25, 0.3) is 0 Å². The van der Waals surface area contributed by atoms with Gasteiger partial charge in [0.15, 0.2) is 0 Å². The molecule has 1 aromatic heterocycles. The van der Waals surface area contributed by atoms with Crippen molar-refractivity contribution in [2.24, 2.45) is 0 Å². The molecule has 0 bridgehead atoms. The van der Waals surface area contributed by atoms with Crippen molar-refractivity contribution in [1.29, 1.82) is 0 Å². The maximum Gasteiger partial charge on any atom is 0.270 e. The molecule has 2 aromatic rings. The lowest BCUT2D eigenvalue weighted by Gasteiger charge is -2.07. The number of anilines is 1. The van der Waals surface area contributed by atoms with Crippen molar-refractivity contribution in [2.75, 3.05) is 5.32 Å². The van der Waals surface area contributed by atoms with Gasteiger partial charge in [0.05, 0.1) is 10.5 Å². The monoisotopic (exact) mass is 353 g/mol. The van der Waals surface area contributed by atoms with Crippen LogP contribution in [0.15, 0.2) is 34.9 Å². The molecule has 0 fully saturated rings. The third-order valence-electron chi connectivity index (χ3n) is 2.65. The fourth-order valence-corrected chi connectivity index (χ4v) is 2.03. The van der Waals surface area contributed by atoms with E-state index in [1.54, 1.807) is 12.1 Å². The molecule has 1 aromatic carbocycles. The van der Waals surface area contributed by atoms with Gasteiger partial charge in [0.25, 0.3) is 11.6 Å². The van der Waals surface area contributed by atoms with Gasteiger partial charge >= 0.3 is 0 Å². The van der Waals surface area contributed by atoms with Crippen LogP contribution in [-0.2, 0) is 0 Å². The number of amides is 1. The number of benzene rings is 1. The van der Waals surface area contributed by atoms with Crippen molar-refractivity contribution in [1.82, 2.24) is 4.98 Å². The number of hydrogen-bond acceptors (Lipinski definition) is 4. The average Bonchev–Trinajstić information content (AvgIpc) is 2.41. The van der Waals surface area contributed by atoms with Gasteiger partial charge in [0.1, 0.15) is 16.2 Å². The predicted octanol–water partition coefficient (Wildman–Crippen LogP) is 3.45. The Hall–Kier alpha value is -2.35. The van der Waals surface area contributed by atoms with Gasteiger partial charge in [-0.15, -0.1) is 0 Å². The van der Waals surface area contributed by atoms with Crippen LogP contribution in [0.4, 0.5) is 15.9 Å². The van der Waals surface area contributed by atoms with Gasteiger partial charge in [-0.25, -0.2) is 9.37 Å². The number of carbonyl (C=O) groups excluding carboxylic acids is 1. The third-order valence-corrected chi connectivity index (χ3v) is 3.09. The summed E-state index contributed by atoms with van der Waals surface area (Å²) in [6.07, 6.45) is 0. The molecule has 0 unspecified atom stereocenters. The summed E-state index contributed by atoms with van der Waals surface area (Å²) >= 11 is 3.14. The van der Waals surface area contributed by atoms with Gasteiger partial charge < -0.3 is 5.32 Å². The number of nitro groups is 1. The van der Waals surface area contributed by atoms with Crippen molar-refractivity contribution in [3.8, 4) is 0 Å². The van der Waals surface area contributed by atoms with Crippen molar-refractivity contribution in [3.63, 3.8) is 0 Å². The zero-order chi connectivity index (χ0) is 15.6. The molecule has 1 heterocycles. The van der Waals surface area contributed by atoms with E-state index in [4.69, 9.17) is 0 Å². The largest absolute Gasteiger partial charge is 0.306 e. The molecular weight excluding hydrogens is 345 g/mol. The van der Waals surface area contributed by atoms with Gasteiger partial charge in [0, 0.05) is 12.1 Å². The molecule has 0 saturated carbocycles. The maximum absolute atomic E-state index is 14.0. The standard InChI is InChI=1S/C13H9BrFN3O3/c1-7-5-8(18(20)21)6-9(12(7)15)13(19)17-11-4-2-3-10(14)16-11/h2-6H,1H3,(H,16,17,19). The van der Waals surface area contributed by atoms with Crippen molar-refractivity contribution < 1.29 is 14.1 Å². The highest BCUT2D eigenvalue weighted by atomic mass is 79.9. The first-order valence-corrected chi connectivity index (χ1v) is 6.56. The summed E-state index contributed by atoms with van der Waals surface area (Å²) in [7, 11) is 0. The molecule has 8 heteroatoms. The van der Waals surface area contributed by atoms with Gasteiger partial charge in [-0.1, -0.05) is 6.07 Å². The number of nitrogens with one attached hydrogen (secondary N) is 1. The number of aromatic nitrogens is 1. The lowest BCUT2D eigenvalue weighted by atomic mass is 10.1. The molecule has 1 amide bonds. The molecule has 0 aliphatic heterocycles. The molecular formula is C13H9BrFN3O3. The number of non-ortho nitro benzene ring substituents is 1. The fourth-order valence-electron chi connectivity index (χ4n) is 1.68. The van der Waals surface area contributed by atoms with E-state index in [2.05, 4.69) is 26.2 Å². The summed E-state index contributed by atoms with van der Waals surface area (Å²) in [5.41, 5.74) is -0.721. The van der Waals surface area contributed by atoms with Gasteiger partial charge in [-0.2, -0.15) is 0 Å². The van der Waals surface area contributed by atoms with Crippen LogP contribution in [0.5, 0.6) is 0 Å². The van der Waals surface area contributed by atoms with Crippen molar-refractivity contribution >= 4 is 33.3 Å². The van der Waals surface area contributed by atoms with Crippen LogP contribution in [0, 0.1) is 22.9 Å². The SMILES string of the molecule is Cc1cc([N+](=O)[O-])cc(C(=O)Nc2cccc(Br)n2)c1F. The first-order chi connectivity index (χ1) is 9.88. The average molecular weight is 354 g/mol. The molecule has 108 valence electrons. The number of rotatable bonds is 3. The van der Waals surface area contributed by atoms with E-state index in [9.17, 15) is 19.3 Å². The third kappa shape index (κ3) is 3.40. The van der Waals surface area contributed by atoms with Crippen LogP contribution < -0.4 is 5.32 Å². The number of carbonyl (C=O) groups is 1. The maximum atomic E-state index is 14.0. The Balaban J connectivity index is 2.37. The minimum Gasteiger partial charge on any atom is -0.306 e. The van der Waals surface area contributed by atoms with E-state index < -0.39 is 22.2 Å². The first-order valence-electron chi connectivity index (χ1n) is 5.77. The molecule has 0 saturated heterocycles. The van der Waals surface area contributed by atoms with E-state index in [-0.39, 0.29) is 17.1 Å². The Morgan fingerprint density at radius 2 is 2.14 bits per heavy atom. The second kappa shape index (κ2) is 5.96. The minimum atomic E-state index is -0.801. The predicted molar refractivity (Wildman–Crippen MR) is 77.7 cm³/mol. The highest BCUT2D eigenvalue weighted by molar-refractivity contribution is 9.10. The van der Waals surface area contributed by atoms with E-state index in [1.807, 2.05) is 0 Å². The Bertz CT molecular complexity index is 737. The summed E-state index contributed by atoms with van der Waals surface area (Å²) < 4.78 is 14.5. The van der Waals surface area contributed by atoms with E-state index in [0.717, 1.165) is 12.1 Å². The van der Waals surface area contributed by atoms with Gasteiger partial charge in [-0.05, 0) is 40.5 Å². The van der Waals surface area contributed by atoms with E-state index in [1.165, 1.54) is 13.0 Å². The van der Waals surface area contributed by atoms with Crippen LogP contribution in [0.1, 0.15) is 15.9 Å². The molecule has 21 heavy (non-hydrogen) atoms. The van der Waals surface area contributed by atoms with E-state index in [0.29, 0.717) is 4.60 Å². The molecule has 0 aliphatic rings. The normalized spacial score (nSPS) is 10.2. The fraction of sp³-hybridized carbons (Fsp3) is 0.0769. The summed E-state index contributed by atoms with van der Waals surface area (Å²) in [5, 5.41) is 13.2. The Morgan fingerprint density at radius 1 is 1.43 bits per heavy atom. The molecule has 6 nitrogen and oxygen atoms in total. The lowest BCUT2D eigenvalue weighted by Crippen LogP contribution is -2.15. The number of halogens is 2. The Morgan fingerprint density at radius 3 is 2.76 bits per heavy atom. The lowest BCUT2D eigenvalue weighted by molar-refractivity contribution is -0.385. The van der Waals surface area contributed by atoms with Crippen LogP contribution >= 0.6 is 15.9 Å². The second-order valence-electron chi connectivity index (χ2n) is 4.18. The molecule has 2 rings (SSSR count). The highest BCUT2D eigenvalue weighted by Crippen LogP contribution is 2.22. The molecule has 1 N–H and O–H groups in total. The van der Waals surface area contributed by atoms with Crippen molar-refractivity contribution in [2.45, 2.75) is 6.92 Å². The van der Waals surface area contributed by atoms with Gasteiger partial charge in [0.2, 0.25) is 0 Å². The smallest absolute Gasteiger partial charge is 0.270 e. The zero-order valence-corrected chi connectivity index (χ0v) is 12.3. The molecule has 0 aliphatic carbocycles. The number of nitrogens with zero attached hydrogens (tertiary/aromatic N) is 2. The van der Waals surface area contributed by atoms with Crippen LogP contribution in [0.2, 0.25) is 0 Å². The first kappa shape index (κ1) is 15.0. The van der Waals surface area contributed by atoms with E-state index >= 15 is 0 Å². The molecule has 0 spiro atoms. The topological polar surface area (TPSA) is 85.1 Å². The zero-order valence-electron chi connectivity index (χ0n) is 10.8. The van der Waals surface area contributed by atoms with Crippen LogP contribution in [-0.4, -0.2) is 15.8 Å². The quantitative estimate of drug-likeness (QED) is 0.520. The summed E-state index contributed by atoms with van der Waals surface area (Å²) in [4.78, 5) is 26.1. The minimum absolute atomic E-state index is 0.0246. The number of aryl methyl sites for hydroxylation is 1. The van der Waals surface area contributed by atoms with Crippen molar-refractivity contribution in [3.05, 3.63) is 62.0 Å². The number of hydrogen-bond donors (Lipinski definition) is 1. The van der Waals surface area contributed by atoms with Crippen LogP contribution in [0.3, 0.4) is 0 Å². The summed E-state index contributed by atoms with van der Waals surface area (Å²) in [6.45, 7) is 1.36. The van der Waals surface area contributed by atoms with Gasteiger partial charge in [-0.3, -0.25) is 14.9 Å². The molecule has 0 radical (unpaired) electrons. The highest BCUT2D eigenvalue weighted by Gasteiger charge is 2.20.